The zero-order chi connectivity index (χ0) is 24.9. The monoisotopic (exact) mass is 491 g/mol. The van der Waals surface area contributed by atoms with Crippen molar-refractivity contribution in [3.8, 4) is 11.5 Å². The van der Waals surface area contributed by atoms with Crippen LogP contribution in [0.15, 0.2) is 58.6 Å². The van der Waals surface area contributed by atoms with Gasteiger partial charge in [0.2, 0.25) is 0 Å². The molecule has 0 aliphatic carbocycles. The van der Waals surface area contributed by atoms with Gasteiger partial charge in [-0.05, 0) is 36.4 Å². The van der Waals surface area contributed by atoms with Crippen molar-refractivity contribution in [2.24, 2.45) is 0 Å². The van der Waals surface area contributed by atoms with E-state index in [1.165, 1.54) is 56.6 Å². The lowest BCUT2D eigenvalue weighted by molar-refractivity contribution is -0.136. The zero-order valence-corrected chi connectivity index (χ0v) is 19.6. The smallest absolute Gasteiger partial charge is 0.337 e. The number of esters is 1. The van der Waals surface area contributed by atoms with Crippen LogP contribution in [0.2, 0.25) is 0 Å². The molecule has 1 heterocycles. The average Bonchev–Trinajstić information content (AvgIpc) is 3.14. The van der Waals surface area contributed by atoms with Gasteiger partial charge in [-0.25, -0.2) is 13.2 Å². The Morgan fingerprint density at radius 2 is 1.79 bits per heavy atom. The van der Waals surface area contributed by atoms with Gasteiger partial charge < -0.3 is 29.5 Å². The van der Waals surface area contributed by atoms with Crippen molar-refractivity contribution in [2.75, 3.05) is 51.1 Å². The topological polar surface area (TPSA) is 144 Å². The zero-order valence-electron chi connectivity index (χ0n) is 18.8. The molecular formula is C22H25N3O8S. The number of ether oxygens (including phenoxy) is 3. The van der Waals surface area contributed by atoms with Gasteiger partial charge in [-0.15, -0.1) is 0 Å². The third-order valence-electron chi connectivity index (χ3n) is 5.04. The summed E-state index contributed by atoms with van der Waals surface area (Å²) in [6.07, 6.45) is 0. The number of anilines is 2. The molecule has 3 N–H and O–H groups in total. The second-order valence-corrected chi connectivity index (χ2v) is 8.80. The first kappa shape index (κ1) is 24.9. The quantitative estimate of drug-likeness (QED) is 0.417. The molecule has 0 fully saturated rings. The van der Waals surface area contributed by atoms with E-state index in [9.17, 15) is 18.0 Å². The second-order valence-electron chi connectivity index (χ2n) is 7.12. The van der Waals surface area contributed by atoms with Crippen LogP contribution in [0.4, 0.5) is 11.4 Å². The van der Waals surface area contributed by atoms with Crippen LogP contribution in [-0.2, 0) is 24.3 Å². The van der Waals surface area contributed by atoms with E-state index in [0.29, 0.717) is 17.2 Å². The normalized spacial score (nSPS) is 13.6. The van der Waals surface area contributed by atoms with Gasteiger partial charge in [0.1, 0.15) is 17.2 Å². The molecular weight excluding hydrogens is 466 g/mol. The molecule has 0 aromatic heterocycles. The van der Waals surface area contributed by atoms with Crippen molar-refractivity contribution in [2.45, 2.75) is 4.90 Å². The van der Waals surface area contributed by atoms with Crippen LogP contribution in [-0.4, -0.2) is 71.3 Å². The maximum Gasteiger partial charge on any atom is 0.337 e. The number of β-amino-alcohol motifs (C(OH)–C–C–N with tert-alkyl or cyclic N) is 1. The Morgan fingerprint density at radius 1 is 1.09 bits per heavy atom. The molecule has 0 spiro atoms. The maximum atomic E-state index is 12.9. The minimum absolute atomic E-state index is 0.00679. The lowest BCUT2D eigenvalue weighted by Gasteiger charge is -2.15. The molecule has 3 rings (SSSR count). The number of benzene rings is 2. The van der Waals surface area contributed by atoms with Gasteiger partial charge in [-0.3, -0.25) is 9.52 Å². The summed E-state index contributed by atoms with van der Waals surface area (Å²) >= 11 is 0. The number of nitrogens with zero attached hydrogens (tertiary/aromatic N) is 1. The summed E-state index contributed by atoms with van der Waals surface area (Å²) in [5.74, 6) is -0.383. The first-order valence-electron chi connectivity index (χ1n) is 10.1. The summed E-state index contributed by atoms with van der Waals surface area (Å²) in [5.41, 5.74) is 0.713. The molecule has 182 valence electrons. The average molecular weight is 492 g/mol. The lowest BCUT2D eigenvalue weighted by Crippen LogP contribution is -2.31. The summed E-state index contributed by atoms with van der Waals surface area (Å²) in [6, 6.07) is 10.3. The minimum atomic E-state index is -3.97. The Balaban J connectivity index is 1.83. The molecule has 1 aliphatic rings. The van der Waals surface area contributed by atoms with Gasteiger partial charge in [-0.1, -0.05) is 0 Å². The van der Waals surface area contributed by atoms with E-state index in [4.69, 9.17) is 19.3 Å². The third-order valence-corrected chi connectivity index (χ3v) is 6.42. The highest BCUT2D eigenvalue weighted by atomic mass is 32.2. The first-order valence-corrected chi connectivity index (χ1v) is 11.6. The fourth-order valence-electron chi connectivity index (χ4n) is 3.31. The fraction of sp³-hybridized carbons (Fsp3) is 0.273. The van der Waals surface area contributed by atoms with Crippen molar-refractivity contribution in [1.29, 1.82) is 0 Å². The highest BCUT2D eigenvalue weighted by molar-refractivity contribution is 7.92. The predicted octanol–water partition coefficient (Wildman–Crippen LogP) is 1.18. The van der Waals surface area contributed by atoms with Gasteiger partial charge >= 0.3 is 5.97 Å². The largest absolute Gasteiger partial charge is 0.497 e. The number of nitrogens with one attached hydrogen (secondary N) is 2. The number of aliphatic hydroxyl groups is 1. The summed E-state index contributed by atoms with van der Waals surface area (Å²) in [4.78, 5) is 26.0. The van der Waals surface area contributed by atoms with Crippen molar-refractivity contribution >= 4 is 33.3 Å². The van der Waals surface area contributed by atoms with Crippen LogP contribution >= 0.6 is 0 Å². The van der Waals surface area contributed by atoms with Gasteiger partial charge in [0, 0.05) is 18.3 Å². The molecule has 0 saturated carbocycles. The third kappa shape index (κ3) is 5.24. The first-order chi connectivity index (χ1) is 16.2. The molecule has 34 heavy (non-hydrogen) atoms. The number of sulfonamides is 1. The van der Waals surface area contributed by atoms with E-state index in [1.54, 1.807) is 12.1 Å². The minimum Gasteiger partial charge on any atom is -0.497 e. The highest BCUT2D eigenvalue weighted by Gasteiger charge is 2.34. The van der Waals surface area contributed by atoms with Crippen LogP contribution in [0.5, 0.6) is 11.5 Å². The molecule has 2 aromatic rings. The number of hydrogen-bond donors (Lipinski definition) is 3. The van der Waals surface area contributed by atoms with Gasteiger partial charge in [0.15, 0.2) is 0 Å². The maximum absolute atomic E-state index is 12.9. The number of amides is 1. The Bertz CT molecular complexity index is 1210. The molecule has 0 radical (unpaired) electrons. The Kier molecular flexibility index (Phi) is 7.64. The number of hydrogen-bond acceptors (Lipinski definition) is 9. The molecule has 11 nitrogen and oxygen atoms in total. The Labute approximate surface area is 197 Å². The number of carbonyl (C=O) groups is 2. The number of carbonyl (C=O) groups excluding carboxylic acids is 2. The molecule has 0 atom stereocenters. The van der Waals surface area contributed by atoms with Crippen LogP contribution in [0, 0.1) is 0 Å². The molecule has 0 bridgehead atoms. The molecule has 1 amide bonds. The van der Waals surface area contributed by atoms with Crippen molar-refractivity contribution in [3.63, 3.8) is 0 Å². The molecule has 0 saturated heterocycles. The van der Waals surface area contributed by atoms with Gasteiger partial charge in [0.05, 0.1) is 50.6 Å². The van der Waals surface area contributed by atoms with Crippen LogP contribution in [0.25, 0.3) is 0 Å². The number of rotatable bonds is 10. The van der Waals surface area contributed by atoms with E-state index >= 15 is 0 Å². The van der Waals surface area contributed by atoms with E-state index < -0.39 is 21.9 Å². The summed E-state index contributed by atoms with van der Waals surface area (Å²) in [6.45, 7) is -0.209. The summed E-state index contributed by atoms with van der Waals surface area (Å²) < 4.78 is 43.3. The molecule has 0 unspecified atom stereocenters. The highest BCUT2D eigenvalue weighted by Crippen LogP contribution is 2.31. The standard InChI is InChI=1S/C22H25N3O8S/c1-31-15-6-9-19(32-2)18(12-15)24-34(29,30)16-7-4-14(5-8-16)23-20-17(22(28)33-3)13-25(10-11-26)21(20)27/h4-9,12,23-24,26H,10-11,13H2,1-3H3. The van der Waals surface area contributed by atoms with Crippen molar-refractivity contribution in [3.05, 3.63) is 53.7 Å². The Hall–Kier alpha value is -3.77. The number of methoxy groups -OCH3 is 3. The lowest BCUT2D eigenvalue weighted by atomic mass is 10.2. The van der Waals surface area contributed by atoms with Gasteiger partial charge in [-0.2, -0.15) is 0 Å². The van der Waals surface area contributed by atoms with E-state index in [1.807, 2.05) is 0 Å². The van der Waals surface area contributed by atoms with E-state index in [0.717, 1.165) is 0 Å². The van der Waals surface area contributed by atoms with E-state index in [2.05, 4.69) is 10.0 Å². The van der Waals surface area contributed by atoms with Gasteiger partial charge in [0.25, 0.3) is 15.9 Å². The summed E-state index contributed by atoms with van der Waals surface area (Å²) in [7, 11) is 0.115. The van der Waals surface area contributed by atoms with Crippen LogP contribution in [0.3, 0.4) is 0 Å². The fourth-order valence-corrected chi connectivity index (χ4v) is 4.37. The SMILES string of the molecule is COC(=O)C1=C(Nc2ccc(S(=O)(=O)Nc3cc(OC)ccc3OC)cc2)C(=O)N(CCO)C1. The summed E-state index contributed by atoms with van der Waals surface area (Å²) in [5, 5.41) is 12.0. The van der Waals surface area contributed by atoms with Crippen molar-refractivity contribution < 1.29 is 37.3 Å². The molecule has 12 heteroatoms. The predicted molar refractivity (Wildman–Crippen MR) is 123 cm³/mol. The van der Waals surface area contributed by atoms with E-state index in [-0.39, 0.29) is 41.5 Å². The van der Waals surface area contributed by atoms with Crippen LogP contribution < -0.4 is 19.5 Å². The number of aliphatic hydroxyl groups excluding tert-OH is 1. The van der Waals surface area contributed by atoms with Crippen molar-refractivity contribution in [1.82, 2.24) is 4.90 Å². The van der Waals surface area contributed by atoms with Crippen LogP contribution in [0.1, 0.15) is 0 Å². The molecule has 2 aromatic carbocycles. The molecule has 1 aliphatic heterocycles. The second kappa shape index (κ2) is 10.4. The Morgan fingerprint density at radius 3 is 2.38 bits per heavy atom.